The lowest BCUT2D eigenvalue weighted by molar-refractivity contribution is -0.0503. The van der Waals surface area contributed by atoms with Crippen molar-refractivity contribution in [1.29, 1.82) is 0 Å². The van der Waals surface area contributed by atoms with Gasteiger partial charge in [-0.25, -0.2) is 0 Å². The van der Waals surface area contributed by atoms with Crippen LogP contribution in [-0.4, -0.2) is 31.1 Å². The average molecular weight is 423 g/mol. The van der Waals surface area contributed by atoms with Crippen molar-refractivity contribution in [2.75, 3.05) is 19.6 Å². The number of alkyl halides is 2. The molecule has 0 aliphatic carbocycles. The lowest BCUT2D eigenvalue weighted by Gasteiger charge is -2.26. The number of hydrogen-bond donors (Lipinski definition) is 1. The van der Waals surface area contributed by atoms with Crippen molar-refractivity contribution in [3.05, 3.63) is 66.1 Å². The highest BCUT2D eigenvalue weighted by Crippen LogP contribution is 2.30. The van der Waals surface area contributed by atoms with Crippen molar-refractivity contribution in [3.63, 3.8) is 0 Å². The molecule has 7 heteroatoms. The summed E-state index contributed by atoms with van der Waals surface area (Å²) in [5.41, 5.74) is 0.748. The van der Waals surface area contributed by atoms with Gasteiger partial charge in [0.25, 0.3) is 0 Å². The van der Waals surface area contributed by atoms with Crippen LogP contribution in [0.5, 0.6) is 5.75 Å². The van der Waals surface area contributed by atoms with Crippen LogP contribution >= 0.6 is 12.4 Å². The third-order valence-electron chi connectivity index (χ3n) is 5.31. The Kier molecular flexibility index (Phi) is 7.47. The molecular weight excluding hydrogens is 398 g/mol. The minimum atomic E-state index is -2.85. The summed E-state index contributed by atoms with van der Waals surface area (Å²) in [6.07, 6.45) is 4.07. The number of rotatable bonds is 8. The highest BCUT2D eigenvalue weighted by molar-refractivity contribution is 5.87. The number of nitrogens with zero attached hydrogens (tertiary/aromatic N) is 1. The summed E-state index contributed by atoms with van der Waals surface area (Å²) >= 11 is 0. The van der Waals surface area contributed by atoms with E-state index in [0.29, 0.717) is 13.1 Å². The summed E-state index contributed by atoms with van der Waals surface area (Å²) in [5.74, 6) is 1.15. The van der Waals surface area contributed by atoms with E-state index in [2.05, 4.69) is 10.2 Å². The number of ether oxygens (including phenoxy) is 1. The van der Waals surface area contributed by atoms with Crippen LogP contribution in [0, 0.1) is 0 Å². The van der Waals surface area contributed by atoms with Gasteiger partial charge in [0, 0.05) is 18.7 Å². The quantitative estimate of drug-likeness (QED) is 0.528. The van der Waals surface area contributed by atoms with Crippen molar-refractivity contribution >= 4 is 23.2 Å². The molecule has 4 nitrogen and oxygen atoms in total. The highest BCUT2D eigenvalue weighted by atomic mass is 35.5. The number of likely N-dealkylation sites (tertiary alicyclic amines) is 1. The Morgan fingerprint density at radius 1 is 1.03 bits per heavy atom. The van der Waals surface area contributed by atoms with Crippen LogP contribution in [0.15, 0.2) is 59.2 Å². The average Bonchev–Trinajstić information content (AvgIpc) is 3.40. The van der Waals surface area contributed by atoms with Crippen molar-refractivity contribution in [3.8, 4) is 5.75 Å². The summed E-state index contributed by atoms with van der Waals surface area (Å²) in [5, 5.41) is 5.37. The molecule has 1 aliphatic rings. The summed E-state index contributed by atoms with van der Waals surface area (Å²) in [4.78, 5) is 2.41. The Morgan fingerprint density at radius 2 is 1.83 bits per heavy atom. The number of halogens is 3. The fourth-order valence-electron chi connectivity index (χ4n) is 3.98. The molecule has 0 spiro atoms. The lowest BCUT2D eigenvalue weighted by Crippen LogP contribution is -2.33. The van der Waals surface area contributed by atoms with E-state index in [-0.39, 0.29) is 24.2 Å². The van der Waals surface area contributed by atoms with Crippen LogP contribution in [0.4, 0.5) is 8.78 Å². The van der Waals surface area contributed by atoms with Crippen molar-refractivity contribution in [2.45, 2.75) is 32.0 Å². The Bertz CT molecular complexity index is 899. The summed E-state index contributed by atoms with van der Waals surface area (Å²) < 4.78 is 36.2. The summed E-state index contributed by atoms with van der Waals surface area (Å²) in [6.45, 7) is 0.349. The molecule has 2 heterocycles. The SMILES string of the molecule is Cl.FC(F)Oc1ccc2ccccc2c1CNCC(c1ccco1)N1CCCC1. The van der Waals surface area contributed by atoms with Gasteiger partial charge in [-0.3, -0.25) is 4.90 Å². The first-order valence-corrected chi connectivity index (χ1v) is 9.66. The van der Waals surface area contributed by atoms with Crippen LogP contribution in [-0.2, 0) is 6.54 Å². The monoisotopic (exact) mass is 422 g/mol. The van der Waals surface area contributed by atoms with E-state index in [9.17, 15) is 8.78 Å². The molecule has 0 bridgehead atoms. The molecule has 1 N–H and O–H groups in total. The molecule has 1 saturated heterocycles. The number of furan rings is 1. The van der Waals surface area contributed by atoms with Gasteiger partial charge in [-0.1, -0.05) is 30.3 Å². The zero-order valence-electron chi connectivity index (χ0n) is 16.0. The third-order valence-corrected chi connectivity index (χ3v) is 5.31. The molecule has 2 aromatic carbocycles. The van der Waals surface area contributed by atoms with E-state index >= 15 is 0 Å². The smallest absolute Gasteiger partial charge is 0.387 e. The van der Waals surface area contributed by atoms with Crippen LogP contribution in [0.25, 0.3) is 10.8 Å². The first-order valence-electron chi connectivity index (χ1n) is 9.66. The van der Waals surface area contributed by atoms with Crippen LogP contribution in [0.1, 0.15) is 30.2 Å². The Hall–Kier alpha value is -2.15. The van der Waals surface area contributed by atoms with E-state index in [0.717, 1.165) is 35.2 Å². The maximum atomic E-state index is 12.9. The van der Waals surface area contributed by atoms with Crippen molar-refractivity contribution in [1.82, 2.24) is 10.2 Å². The molecule has 0 amide bonds. The van der Waals surface area contributed by atoms with E-state index in [1.807, 2.05) is 42.5 Å². The fourth-order valence-corrected chi connectivity index (χ4v) is 3.98. The number of hydrogen-bond acceptors (Lipinski definition) is 4. The Labute approximate surface area is 175 Å². The molecular formula is C22H25ClF2N2O2. The molecule has 1 aromatic heterocycles. The second-order valence-corrected chi connectivity index (χ2v) is 7.05. The van der Waals surface area contributed by atoms with E-state index in [4.69, 9.17) is 9.15 Å². The standard InChI is InChI=1S/C22H24F2N2O2.ClH/c23-22(24)28-20-10-9-16-6-1-2-7-17(16)18(20)14-25-15-19(21-8-5-13-27-21)26-11-3-4-12-26;/h1-2,5-10,13,19,22,25H,3-4,11-12,14-15H2;1H. The van der Waals surface area contributed by atoms with Crippen LogP contribution in [0.3, 0.4) is 0 Å². The minimum absolute atomic E-state index is 0. The Morgan fingerprint density at radius 3 is 2.55 bits per heavy atom. The van der Waals surface area contributed by atoms with Gasteiger partial charge in [0.1, 0.15) is 11.5 Å². The van der Waals surface area contributed by atoms with Gasteiger partial charge in [-0.15, -0.1) is 12.4 Å². The highest BCUT2D eigenvalue weighted by Gasteiger charge is 2.25. The van der Waals surface area contributed by atoms with Crippen LogP contribution < -0.4 is 10.1 Å². The van der Waals surface area contributed by atoms with Gasteiger partial charge in [0.05, 0.1) is 12.3 Å². The first kappa shape index (κ1) is 21.6. The van der Waals surface area contributed by atoms with Gasteiger partial charge < -0.3 is 14.5 Å². The zero-order chi connectivity index (χ0) is 19.3. The van der Waals surface area contributed by atoms with Gasteiger partial charge in [-0.05, 0) is 54.9 Å². The molecule has 1 atom stereocenters. The maximum absolute atomic E-state index is 12.9. The number of benzene rings is 2. The molecule has 1 fully saturated rings. The van der Waals surface area contributed by atoms with Crippen LogP contribution in [0.2, 0.25) is 0 Å². The normalized spacial score (nSPS) is 15.6. The molecule has 1 aliphatic heterocycles. The second kappa shape index (κ2) is 10.1. The predicted octanol–water partition coefficient (Wildman–Crippen LogP) is 5.38. The van der Waals surface area contributed by atoms with Crippen molar-refractivity contribution < 1.29 is 17.9 Å². The van der Waals surface area contributed by atoms with Gasteiger partial charge in [0.15, 0.2) is 0 Å². The van der Waals surface area contributed by atoms with Gasteiger partial charge >= 0.3 is 6.61 Å². The fraction of sp³-hybridized carbons (Fsp3) is 0.364. The van der Waals surface area contributed by atoms with Crippen molar-refractivity contribution in [2.24, 2.45) is 0 Å². The van der Waals surface area contributed by atoms with E-state index in [1.54, 1.807) is 12.3 Å². The number of fused-ring (bicyclic) bond motifs is 1. The molecule has 0 radical (unpaired) electrons. The Balaban J connectivity index is 0.00000240. The van der Waals surface area contributed by atoms with E-state index < -0.39 is 6.61 Å². The maximum Gasteiger partial charge on any atom is 0.387 e. The second-order valence-electron chi connectivity index (χ2n) is 7.05. The largest absolute Gasteiger partial charge is 0.468 e. The zero-order valence-corrected chi connectivity index (χ0v) is 16.8. The molecule has 1 unspecified atom stereocenters. The summed E-state index contributed by atoms with van der Waals surface area (Å²) in [7, 11) is 0. The predicted molar refractivity (Wildman–Crippen MR) is 112 cm³/mol. The summed E-state index contributed by atoms with van der Waals surface area (Å²) in [6, 6.07) is 15.2. The molecule has 156 valence electrons. The minimum Gasteiger partial charge on any atom is -0.468 e. The lowest BCUT2D eigenvalue weighted by atomic mass is 10.0. The molecule has 4 rings (SSSR count). The van der Waals surface area contributed by atoms with E-state index in [1.165, 1.54) is 12.8 Å². The topological polar surface area (TPSA) is 37.6 Å². The number of nitrogens with one attached hydrogen (secondary N) is 1. The first-order chi connectivity index (χ1) is 13.7. The van der Waals surface area contributed by atoms with Gasteiger partial charge in [0.2, 0.25) is 0 Å². The van der Waals surface area contributed by atoms with Gasteiger partial charge in [-0.2, -0.15) is 8.78 Å². The molecule has 0 saturated carbocycles. The third kappa shape index (κ3) is 5.07. The molecule has 29 heavy (non-hydrogen) atoms. The molecule has 3 aromatic rings.